The van der Waals surface area contributed by atoms with E-state index in [9.17, 15) is 9.59 Å². The molecule has 0 aliphatic rings. The first-order chi connectivity index (χ1) is 18.4. The van der Waals surface area contributed by atoms with Crippen molar-refractivity contribution >= 4 is 71.8 Å². The summed E-state index contributed by atoms with van der Waals surface area (Å²) in [7, 11) is 7.02. The van der Waals surface area contributed by atoms with Crippen LogP contribution in [0.25, 0.3) is 12.2 Å². The number of carbonyl (C=O) groups excluding carboxylic acids is 2. The van der Waals surface area contributed by atoms with Crippen LogP contribution in [0.1, 0.15) is 22.3 Å². The van der Waals surface area contributed by atoms with Gasteiger partial charge < -0.3 is 21.3 Å². The molecule has 3 rings (SSSR count). The molecule has 10 heteroatoms. The van der Waals surface area contributed by atoms with Gasteiger partial charge >= 0.3 is 0 Å². The molecule has 40 heavy (non-hydrogen) atoms. The van der Waals surface area contributed by atoms with Crippen molar-refractivity contribution in [1.82, 2.24) is 10.6 Å². The summed E-state index contributed by atoms with van der Waals surface area (Å²) >= 11 is 0. The zero-order chi connectivity index (χ0) is 27.3. The second-order valence-corrected chi connectivity index (χ2v) is 8.12. The van der Waals surface area contributed by atoms with Crippen molar-refractivity contribution in [1.29, 1.82) is 0 Å². The molecule has 0 radical (unpaired) electrons. The lowest BCUT2D eigenvalue weighted by Crippen LogP contribution is -2.19. The number of amidine groups is 2. The summed E-state index contributed by atoms with van der Waals surface area (Å²) < 4.78 is 0. The molecule has 0 saturated heterocycles. The van der Waals surface area contributed by atoms with Crippen molar-refractivity contribution in [2.75, 3.05) is 38.8 Å². The van der Waals surface area contributed by atoms with Gasteiger partial charge in [0, 0.05) is 62.8 Å². The summed E-state index contributed by atoms with van der Waals surface area (Å²) in [6.07, 6.45) is 6.43. The average molecular weight is 582 g/mol. The zero-order valence-electron chi connectivity index (χ0n) is 22.8. The van der Waals surface area contributed by atoms with Crippen LogP contribution in [-0.2, 0) is 9.59 Å². The fourth-order valence-electron chi connectivity index (χ4n) is 3.69. The summed E-state index contributed by atoms with van der Waals surface area (Å²) in [4.78, 5) is 33.1. The van der Waals surface area contributed by atoms with Crippen molar-refractivity contribution in [3.63, 3.8) is 0 Å². The zero-order valence-corrected chi connectivity index (χ0v) is 24.4. The fourth-order valence-corrected chi connectivity index (χ4v) is 3.69. The van der Waals surface area contributed by atoms with E-state index in [1.54, 1.807) is 40.3 Å². The lowest BCUT2D eigenvalue weighted by Gasteiger charge is -2.08. The molecule has 3 aromatic rings. The van der Waals surface area contributed by atoms with Crippen LogP contribution >= 0.6 is 24.8 Å². The highest BCUT2D eigenvalue weighted by Crippen LogP contribution is 2.14. The summed E-state index contributed by atoms with van der Waals surface area (Å²) in [5.41, 5.74) is 4.86. The number of rotatable bonds is 8. The Kier molecular flexibility index (Phi) is 14.5. The predicted molar refractivity (Wildman–Crippen MR) is 172 cm³/mol. The van der Waals surface area contributed by atoms with E-state index < -0.39 is 0 Å². The highest BCUT2D eigenvalue weighted by molar-refractivity contribution is 6.05. The fraction of sp³-hybridized carbons (Fsp3) is 0.133. The molecule has 0 aromatic heterocycles. The molecule has 0 aliphatic carbocycles. The van der Waals surface area contributed by atoms with Crippen molar-refractivity contribution < 1.29 is 9.59 Å². The van der Waals surface area contributed by atoms with Gasteiger partial charge in [-0.2, -0.15) is 0 Å². The van der Waals surface area contributed by atoms with Gasteiger partial charge in [-0.3, -0.25) is 19.6 Å². The Hall–Kier alpha value is -4.40. The Morgan fingerprint density at radius 2 is 1.00 bits per heavy atom. The average Bonchev–Trinajstić information content (AvgIpc) is 2.93. The van der Waals surface area contributed by atoms with Gasteiger partial charge in [-0.25, -0.2) is 0 Å². The van der Waals surface area contributed by atoms with Gasteiger partial charge in [0.15, 0.2) is 0 Å². The maximum absolute atomic E-state index is 12.4. The number of nitrogens with one attached hydrogen (secondary N) is 4. The second kappa shape index (κ2) is 17.2. The molecule has 0 unspecified atom stereocenters. The van der Waals surface area contributed by atoms with Crippen LogP contribution in [0.15, 0.2) is 94.9 Å². The maximum Gasteiger partial charge on any atom is 0.248 e. The van der Waals surface area contributed by atoms with Crippen LogP contribution < -0.4 is 21.3 Å². The summed E-state index contributed by atoms with van der Waals surface area (Å²) in [6.45, 7) is 0. The van der Waals surface area contributed by atoms with E-state index in [0.29, 0.717) is 11.4 Å². The third-order valence-electron chi connectivity index (χ3n) is 5.52. The molecular weight excluding hydrogens is 547 g/mol. The molecule has 0 bridgehead atoms. The predicted octanol–water partition coefficient (Wildman–Crippen LogP) is 5.03. The number of amides is 2. The standard InChI is InChI=1S/C30H32N6O2.2ClH/c1-31-29(32-2)23-7-5-9-25(19-23)35-27(37)17-15-21-11-13-22(14-12-21)16-18-28(38)36-26-10-6-8-24(20-26)30(33-3)34-4;;/h5-20H,1-4H3,(H,31,32)(H,33,34)(H,35,37)(H,36,38);2*1H. The number of hydrogen-bond donors (Lipinski definition) is 4. The molecule has 0 heterocycles. The highest BCUT2D eigenvalue weighted by Gasteiger charge is 2.05. The van der Waals surface area contributed by atoms with E-state index in [4.69, 9.17) is 0 Å². The van der Waals surface area contributed by atoms with Crippen molar-refractivity contribution in [3.8, 4) is 0 Å². The smallest absolute Gasteiger partial charge is 0.248 e. The summed E-state index contributed by atoms with van der Waals surface area (Å²) in [6, 6.07) is 22.5. The van der Waals surface area contributed by atoms with E-state index in [1.165, 1.54) is 12.2 Å². The molecule has 2 amide bonds. The lowest BCUT2D eigenvalue weighted by molar-refractivity contribution is -0.112. The maximum atomic E-state index is 12.4. The topological polar surface area (TPSA) is 107 Å². The van der Waals surface area contributed by atoms with Gasteiger partial charge in [0.2, 0.25) is 11.8 Å². The minimum absolute atomic E-state index is 0. The molecule has 0 spiro atoms. The molecule has 0 atom stereocenters. The molecule has 3 aromatic carbocycles. The molecule has 0 saturated carbocycles. The Morgan fingerprint density at radius 3 is 1.32 bits per heavy atom. The SMILES string of the molecule is CN=C(NC)c1cccc(NC(=O)C=Cc2ccc(C=CC(=O)Nc3cccc(C(=NC)NC)c3)cc2)c1.Cl.Cl. The quantitative estimate of drug-likeness (QED) is 0.170. The first-order valence-corrected chi connectivity index (χ1v) is 12.0. The van der Waals surface area contributed by atoms with E-state index in [2.05, 4.69) is 31.3 Å². The molecule has 0 aliphatic heterocycles. The van der Waals surface area contributed by atoms with Crippen molar-refractivity contribution in [2.45, 2.75) is 0 Å². The van der Waals surface area contributed by atoms with Gasteiger partial charge in [0.05, 0.1) is 0 Å². The van der Waals surface area contributed by atoms with Crippen LogP contribution in [0.4, 0.5) is 11.4 Å². The highest BCUT2D eigenvalue weighted by atomic mass is 35.5. The normalized spacial score (nSPS) is 11.4. The van der Waals surface area contributed by atoms with Crippen LogP contribution in [0.2, 0.25) is 0 Å². The third kappa shape index (κ3) is 10.1. The molecule has 8 nitrogen and oxygen atoms in total. The monoisotopic (exact) mass is 580 g/mol. The number of aliphatic imine (C=N–C) groups is 2. The Balaban J connectivity index is 0.00000400. The summed E-state index contributed by atoms with van der Waals surface area (Å²) in [5.74, 6) is 1.00. The largest absolute Gasteiger partial charge is 0.373 e. The lowest BCUT2D eigenvalue weighted by atomic mass is 10.1. The van der Waals surface area contributed by atoms with Crippen LogP contribution in [-0.4, -0.2) is 51.7 Å². The third-order valence-corrected chi connectivity index (χ3v) is 5.52. The second-order valence-electron chi connectivity index (χ2n) is 8.12. The first-order valence-electron chi connectivity index (χ1n) is 12.0. The number of anilines is 2. The Morgan fingerprint density at radius 1 is 0.625 bits per heavy atom. The van der Waals surface area contributed by atoms with E-state index in [0.717, 1.165) is 33.9 Å². The van der Waals surface area contributed by atoms with E-state index in [-0.39, 0.29) is 36.6 Å². The van der Waals surface area contributed by atoms with Gasteiger partial charge in [0.1, 0.15) is 11.7 Å². The van der Waals surface area contributed by atoms with Crippen molar-refractivity contribution in [3.05, 3.63) is 107 Å². The Bertz CT molecular complexity index is 1290. The number of carbonyl (C=O) groups is 2. The number of nitrogens with zero attached hydrogens (tertiary/aromatic N) is 2. The van der Waals surface area contributed by atoms with Gasteiger partial charge in [-0.05, 0) is 47.5 Å². The number of halogens is 2. The van der Waals surface area contributed by atoms with E-state index in [1.807, 2.05) is 72.8 Å². The minimum atomic E-state index is -0.238. The minimum Gasteiger partial charge on any atom is -0.373 e. The van der Waals surface area contributed by atoms with Crippen LogP contribution in [0.5, 0.6) is 0 Å². The van der Waals surface area contributed by atoms with Gasteiger partial charge in [-0.1, -0.05) is 48.5 Å². The molecular formula is C30H34Cl2N6O2. The van der Waals surface area contributed by atoms with E-state index >= 15 is 0 Å². The Labute approximate surface area is 247 Å². The number of hydrogen-bond acceptors (Lipinski definition) is 4. The number of benzene rings is 3. The molecule has 210 valence electrons. The first kappa shape index (κ1) is 33.6. The van der Waals surface area contributed by atoms with Crippen LogP contribution in [0.3, 0.4) is 0 Å². The molecule has 4 N–H and O–H groups in total. The summed E-state index contributed by atoms with van der Waals surface area (Å²) in [5, 5.41) is 11.8. The van der Waals surface area contributed by atoms with Crippen LogP contribution in [0, 0.1) is 0 Å². The van der Waals surface area contributed by atoms with Gasteiger partial charge in [0.25, 0.3) is 0 Å². The van der Waals surface area contributed by atoms with Crippen molar-refractivity contribution in [2.24, 2.45) is 9.98 Å². The molecule has 0 fully saturated rings. The van der Waals surface area contributed by atoms with Gasteiger partial charge in [-0.15, -0.1) is 24.8 Å².